The Hall–Kier alpha value is -3.52. The number of fused-ring (bicyclic) bond motifs is 1. The molecule has 0 spiro atoms. The Balaban J connectivity index is 1.46. The molecule has 33 heavy (non-hydrogen) atoms. The summed E-state index contributed by atoms with van der Waals surface area (Å²) in [5, 5.41) is 17.1. The first-order valence-corrected chi connectivity index (χ1v) is 11.7. The minimum atomic E-state index is -0.770. The van der Waals surface area contributed by atoms with Crippen LogP contribution in [0, 0.1) is 5.41 Å². The summed E-state index contributed by atoms with van der Waals surface area (Å²) >= 11 is 1.17. The lowest BCUT2D eigenvalue weighted by Crippen LogP contribution is -2.47. The molecule has 0 saturated carbocycles. The van der Waals surface area contributed by atoms with Crippen LogP contribution in [-0.2, 0) is 14.3 Å². The number of benzene rings is 2. The summed E-state index contributed by atoms with van der Waals surface area (Å²) in [6, 6.07) is 16.7. The Bertz CT molecular complexity index is 1240. The number of hydrogen-bond donors (Lipinski definition) is 2. The van der Waals surface area contributed by atoms with Gasteiger partial charge in [-0.1, -0.05) is 53.7 Å². The molecule has 2 aromatic carbocycles. The van der Waals surface area contributed by atoms with E-state index in [0.29, 0.717) is 11.6 Å². The Kier molecular flexibility index (Phi) is 5.25. The van der Waals surface area contributed by atoms with Gasteiger partial charge in [-0.2, -0.15) is 0 Å². The van der Waals surface area contributed by atoms with Gasteiger partial charge in [0.05, 0.1) is 12.0 Å². The highest BCUT2D eigenvalue weighted by Crippen LogP contribution is 2.61. The number of carbonyl (C=O) groups is 2. The molecule has 0 fully saturated rings. The Labute approximate surface area is 195 Å². The summed E-state index contributed by atoms with van der Waals surface area (Å²) in [4.78, 5) is 30.0. The second-order valence-corrected chi connectivity index (χ2v) is 9.38. The van der Waals surface area contributed by atoms with Crippen molar-refractivity contribution in [3.63, 3.8) is 0 Å². The van der Waals surface area contributed by atoms with Gasteiger partial charge in [-0.05, 0) is 42.5 Å². The van der Waals surface area contributed by atoms with Crippen molar-refractivity contribution in [1.29, 1.82) is 0 Å². The molecule has 7 nitrogen and oxygen atoms in total. The molecule has 3 aromatic rings. The van der Waals surface area contributed by atoms with Gasteiger partial charge >= 0.3 is 5.97 Å². The van der Waals surface area contributed by atoms with Crippen LogP contribution < -0.4 is 5.32 Å². The lowest BCUT2D eigenvalue weighted by Gasteiger charge is -2.50. The number of carbonyl (C=O) groups excluding carboxylic acids is 2. The standard InChI is InChI=1S/C25H23N3O4S/c1-3-32-22(29)21(28-31)19-13-33-24(26-19)27-23(30)25(2)12-18-14-8-4-6-10-16(14)20(25)17-11-7-5-9-15(17)18/h4-11,13,18,20,31H,3,12H2,1-2H3,(H,26,27,30)/b28-21+. The molecule has 2 bridgehead atoms. The summed E-state index contributed by atoms with van der Waals surface area (Å²) in [6.07, 6.45) is 0.696. The molecular formula is C25H23N3O4S. The highest BCUT2D eigenvalue weighted by atomic mass is 32.1. The number of rotatable bonds is 5. The Morgan fingerprint density at radius 1 is 1.15 bits per heavy atom. The van der Waals surface area contributed by atoms with Gasteiger partial charge in [-0.15, -0.1) is 11.3 Å². The predicted octanol–water partition coefficient (Wildman–Crippen LogP) is 4.51. The number of amides is 1. The van der Waals surface area contributed by atoms with Crippen LogP contribution in [0.5, 0.6) is 0 Å². The molecule has 0 radical (unpaired) electrons. The number of aromatic nitrogens is 1. The van der Waals surface area contributed by atoms with Gasteiger partial charge in [0.25, 0.3) is 0 Å². The molecule has 1 unspecified atom stereocenters. The highest BCUT2D eigenvalue weighted by Gasteiger charge is 2.54. The number of nitrogens with zero attached hydrogens (tertiary/aromatic N) is 2. The lowest BCUT2D eigenvalue weighted by atomic mass is 9.52. The molecule has 1 heterocycles. The molecule has 3 aliphatic carbocycles. The number of thiazole rings is 1. The second-order valence-electron chi connectivity index (χ2n) is 8.53. The minimum absolute atomic E-state index is 0.0663. The van der Waals surface area contributed by atoms with Crippen LogP contribution in [0.2, 0.25) is 0 Å². The summed E-state index contributed by atoms with van der Waals surface area (Å²) in [5.74, 6) is -0.806. The fourth-order valence-electron chi connectivity index (χ4n) is 5.27. The third kappa shape index (κ3) is 3.33. The molecule has 1 aromatic heterocycles. The zero-order chi connectivity index (χ0) is 23.2. The SMILES string of the molecule is CCOC(=O)/C(=N/O)c1csc(NC(=O)C2(C)CC3c4ccccc4C2c2ccccc23)n1. The first-order chi connectivity index (χ1) is 16.0. The van der Waals surface area contributed by atoms with Gasteiger partial charge in [-0.25, -0.2) is 9.78 Å². The predicted molar refractivity (Wildman–Crippen MR) is 125 cm³/mol. The van der Waals surface area contributed by atoms with Crippen molar-refractivity contribution >= 4 is 34.1 Å². The molecule has 0 aliphatic heterocycles. The summed E-state index contributed by atoms with van der Waals surface area (Å²) in [5.41, 5.74) is 4.17. The molecule has 1 amide bonds. The normalized spacial score (nSPS) is 22.9. The van der Waals surface area contributed by atoms with Crippen molar-refractivity contribution in [3.05, 3.63) is 81.9 Å². The van der Waals surface area contributed by atoms with E-state index in [9.17, 15) is 14.8 Å². The largest absolute Gasteiger partial charge is 0.461 e. The third-order valence-electron chi connectivity index (χ3n) is 6.68. The molecule has 8 heteroatoms. The molecule has 0 saturated heterocycles. The van der Waals surface area contributed by atoms with E-state index in [2.05, 4.69) is 51.9 Å². The monoisotopic (exact) mass is 461 g/mol. The van der Waals surface area contributed by atoms with Gasteiger partial charge in [0.2, 0.25) is 11.6 Å². The van der Waals surface area contributed by atoms with Crippen LogP contribution in [0.4, 0.5) is 5.13 Å². The smallest absolute Gasteiger partial charge is 0.362 e. The number of hydrogen-bond acceptors (Lipinski definition) is 7. The van der Waals surface area contributed by atoms with E-state index in [1.54, 1.807) is 12.3 Å². The number of oxime groups is 1. The fourth-order valence-corrected chi connectivity index (χ4v) is 5.96. The van der Waals surface area contributed by atoms with Gasteiger partial charge in [0.15, 0.2) is 5.13 Å². The van der Waals surface area contributed by atoms with Crippen molar-refractivity contribution in [2.24, 2.45) is 10.6 Å². The first kappa shape index (κ1) is 21.3. The van der Waals surface area contributed by atoms with Gasteiger partial charge in [0, 0.05) is 17.2 Å². The zero-order valence-electron chi connectivity index (χ0n) is 18.2. The van der Waals surface area contributed by atoms with E-state index in [0.717, 1.165) is 0 Å². The summed E-state index contributed by atoms with van der Waals surface area (Å²) in [6.45, 7) is 3.82. The average Bonchev–Trinajstić information content (AvgIpc) is 3.28. The van der Waals surface area contributed by atoms with Crippen LogP contribution in [0.15, 0.2) is 59.1 Å². The molecule has 1 atom stereocenters. The van der Waals surface area contributed by atoms with Gasteiger partial charge in [0.1, 0.15) is 5.69 Å². The van der Waals surface area contributed by atoms with Crippen LogP contribution in [0.25, 0.3) is 0 Å². The van der Waals surface area contributed by atoms with Crippen LogP contribution >= 0.6 is 11.3 Å². The maximum absolute atomic E-state index is 13.7. The quantitative estimate of drug-likeness (QED) is 0.252. The summed E-state index contributed by atoms with van der Waals surface area (Å²) in [7, 11) is 0. The van der Waals surface area contributed by atoms with Crippen molar-refractivity contribution in [2.45, 2.75) is 32.1 Å². The van der Waals surface area contributed by atoms with Crippen molar-refractivity contribution in [2.75, 3.05) is 11.9 Å². The fraction of sp³-hybridized carbons (Fsp3) is 0.280. The Morgan fingerprint density at radius 3 is 2.33 bits per heavy atom. The topological polar surface area (TPSA) is 101 Å². The van der Waals surface area contributed by atoms with E-state index >= 15 is 0 Å². The molecule has 2 N–H and O–H groups in total. The van der Waals surface area contributed by atoms with Crippen LogP contribution in [0.1, 0.15) is 60.1 Å². The number of esters is 1. The van der Waals surface area contributed by atoms with Crippen molar-refractivity contribution in [1.82, 2.24) is 4.98 Å². The van der Waals surface area contributed by atoms with Gasteiger partial charge in [-0.3, -0.25) is 4.79 Å². The number of ether oxygens (including phenoxy) is 1. The number of anilines is 1. The molecule has 6 rings (SSSR count). The Morgan fingerprint density at radius 2 is 1.76 bits per heavy atom. The second kappa shape index (κ2) is 8.12. The van der Waals surface area contributed by atoms with E-state index in [-0.39, 0.29) is 35.8 Å². The van der Waals surface area contributed by atoms with Crippen molar-refractivity contribution < 1.29 is 19.5 Å². The third-order valence-corrected chi connectivity index (χ3v) is 7.44. The van der Waals surface area contributed by atoms with Crippen molar-refractivity contribution in [3.8, 4) is 0 Å². The maximum Gasteiger partial charge on any atom is 0.362 e. The van der Waals surface area contributed by atoms with E-state index < -0.39 is 11.4 Å². The van der Waals surface area contributed by atoms with E-state index in [1.165, 1.54) is 33.6 Å². The van der Waals surface area contributed by atoms with Crippen LogP contribution in [0.3, 0.4) is 0 Å². The maximum atomic E-state index is 13.7. The number of nitrogens with one attached hydrogen (secondary N) is 1. The van der Waals surface area contributed by atoms with E-state index in [1.807, 2.05) is 19.1 Å². The minimum Gasteiger partial charge on any atom is -0.461 e. The van der Waals surface area contributed by atoms with Crippen LogP contribution in [-0.4, -0.2) is 34.4 Å². The average molecular weight is 462 g/mol. The zero-order valence-corrected chi connectivity index (χ0v) is 19.1. The molecular weight excluding hydrogens is 438 g/mol. The lowest BCUT2D eigenvalue weighted by molar-refractivity contribution is -0.135. The molecule has 168 valence electrons. The van der Waals surface area contributed by atoms with E-state index in [4.69, 9.17) is 4.74 Å². The molecule has 3 aliphatic rings. The highest BCUT2D eigenvalue weighted by molar-refractivity contribution is 7.14. The van der Waals surface area contributed by atoms with Gasteiger partial charge < -0.3 is 15.3 Å². The summed E-state index contributed by atoms with van der Waals surface area (Å²) < 4.78 is 4.90. The first-order valence-electron chi connectivity index (χ1n) is 10.8.